The smallest absolute Gasteiger partial charge is 0.339 e. The van der Waals surface area contributed by atoms with E-state index >= 15 is 0 Å². The van der Waals surface area contributed by atoms with Gasteiger partial charge in [-0.05, 0) is 30.4 Å². The highest BCUT2D eigenvalue weighted by Gasteiger charge is 2.25. The second-order valence-corrected chi connectivity index (χ2v) is 7.36. The summed E-state index contributed by atoms with van der Waals surface area (Å²) < 4.78 is 4.83. The van der Waals surface area contributed by atoms with E-state index in [1.807, 2.05) is 30.3 Å². The summed E-state index contributed by atoms with van der Waals surface area (Å²) in [6.07, 6.45) is 0.752. The molecule has 0 spiro atoms. The topological polar surface area (TPSA) is 88.3 Å². The number of Topliss-reactive ketones (excluding diaryl/α,β-unsaturated/α-hetero) is 1. The van der Waals surface area contributed by atoms with Gasteiger partial charge < -0.3 is 15.0 Å². The quantitative estimate of drug-likeness (QED) is 0.536. The second kappa shape index (κ2) is 9.35. The number of carbonyl (C=O) groups is 3. The molecule has 0 saturated heterocycles. The summed E-state index contributed by atoms with van der Waals surface area (Å²) in [6, 6.07) is 9.67. The maximum Gasteiger partial charge on any atom is 0.339 e. The number of ketones is 1. The fourth-order valence-electron chi connectivity index (χ4n) is 3.36. The van der Waals surface area contributed by atoms with Crippen LogP contribution in [0.4, 0.5) is 0 Å². The van der Waals surface area contributed by atoms with Crippen molar-refractivity contribution in [1.82, 2.24) is 10.3 Å². The van der Waals surface area contributed by atoms with Crippen molar-refractivity contribution in [3.8, 4) is 0 Å². The second-order valence-electron chi connectivity index (χ2n) is 7.36. The monoisotopic (exact) mass is 384 g/mol. The molecule has 1 heterocycles. The number of aromatic amines is 1. The van der Waals surface area contributed by atoms with E-state index < -0.39 is 5.97 Å². The molecule has 150 valence electrons. The zero-order valence-electron chi connectivity index (χ0n) is 17.1. The van der Waals surface area contributed by atoms with Gasteiger partial charge in [-0.3, -0.25) is 9.59 Å². The van der Waals surface area contributed by atoms with Crippen molar-refractivity contribution in [3.63, 3.8) is 0 Å². The number of ether oxygens (including phenoxy) is 1. The number of aromatic nitrogens is 1. The van der Waals surface area contributed by atoms with E-state index in [0.717, 1.165) is 12.0 Å². The molecule has 1 amide bonds. The van der Waals surface area contributed by atoms with Crippen LogP contribution in [-0.4, -0.2) is 29.8 Å². The summed E-state index contributed by atoms with van der Waals surface area (Å²) in [6.45, 7) is 7.29. The number of rotatable bonds is 8. The number of nitrogens with one attached hydrogen (secondary N) is 2. The molecule has 0 fully saturated rings. The van der Waals surface area contributed by atoms with Crippen LogP contribution < -0.4 is 5.32 Å². The summed E-state index contributed by atoms with van der Waals surface area (Å²) in [5, 5.41) is 3.06. The highest BCUT2D eigenvalue weighted by atomic mass is 16.5. The van der Waals surface area contributed by atoms with E-state index in [9.17, 15) is 14.4 Å². The third-order valence-corrected chi connectivity index (χ3v) is 4.65. The number of amides is 1. The minimum absolute atomic E-state index is 0.0417. The molecule has 2 aromatic rings. The largest absolute Gasteiger partial charge is 0.465 e. The van der Waals surface area contributed by atoms with Crippen molar-refractivity contribution in [2.75, 3.05) is 7.11 Å². The van der Waals surface area contributed by atoms with Gasteiger partial charge >= 0.3 is 5.97 Å². The minimum atomic E-state index is -0.564. The Morgan fingerprint density at radius 2 is 1.79 bits per heavy atom. The van der Waals surface area contributed by atoms with E-state index in [1.165, 1.54) is 14.0 Å². The normalized spacial score (nSPS) is 11.9. The Morgan fingerprint density at radius 1 is 1.14 bits per heavy atom. The van der Waals surface area contributed by atoms with Crippen LogP contribution in [0.1, 0.15) is 70.9 Å². The van der Waals surface area contributed by atoms with Gasteiger partial charge in [0.2, 0.25) is 5.91 Å². The van der Waals surface area contributed by atoms with Gasteiger partial charge in [0.1, 0.15) is 0 Å². The lowest BCUT2D eigenvalue weighted by Crippen LogP contribution is -2.31. The fraction of sp³-hybridized carbons (Fsp3) is 0.409. The molecular weight excluding hydrogens is 356 g/mol. The SMILES string of the molecule is COC(=O)c1c(CC(=O)NC(CC(C)C)c2ccccc2)[nH]c(C(C)=O)c1C. The third-order valence-electron chi connectivity index (χ3n) is 4.65. The van der Waals surface area contributed by atoms with Gasteiger partial charge in [0, 0.05) is 12.6 Å². The Morgan fingerprint density at radius 3 is 2.32 bits per heavy atom. The molecule has 6 heteroatoms. The molecule has 2 rings (SSSR count). The van der Waals surface area contributed by atoms with Crippen LogP contribution in [0.5, 0.6) is 0 Å². The predicted molar refractivity (Wildman–Crippen MR) is 107 cm³/mol. The first-order valence-electron chi connectivity index (χ1n) is 9.39. The van der Waals surface area contributed by atoms with Crippen molar-refractivity contribution in [3.05, 3.63) is 58.4 Å². The molecule has 1 atom stereocenters. The van der Waals surface area contributed by atoms with Crippen LogP contribution in [-0.2, 0) is 16.0 Å². The van der Waals surface area contributed by atoms with Crippen molar-refractivity contribution < 1.29 is 19.1 Å². The first-order chi connectivity index (χ1) is 13.2. The number of carbonyl (C=O) groups excluding carboxylic acids is 3. The van der Waals surface area contributed by atoms with Crippen molar-refractivity contribution in [2.24, 2.45) is 5.92 Å². The summed E-state index contributed by atoms with van der Waals surface area (Å²) in [7, 11) is 1.28. The van der Waals surface area contributed by atoms with Gasteiger partial charge in [-0.2, -0.15) is 0 Å². The van der Waals surface area contributed by atoms with Crippen LogP contribution in [0.3, 0.4) is 0 Å². The molecule has 2 N–H and O–H groups in total. The predicted octanol–water partition coefficient (Wildman–Crippen LogP) is 3.76. The van der Waals surface area contributed by atoms with Gasteiger partial charge in [0.25, 0.3) is 0 Å². The molecule has 1 aromatic carbocycles. The number of H-pyrrole nitrogens is 1. The standard InChI is InChI=1S/C22H28N2O4/c1-13(2)11-17(16-9-7-6-8-10-16)23-19(26)12-18-20(22(27)28-5)14(3)21(24-18)15(4)25/h6-10,13,17,24H,11-12H2,1-5H3,(H,23,26). The molecular formula is C22H28N2O4. The summed E-state index contributed by atoms with van der Waals surface area (Å²) >= 11 is 0. The van der Waals surface area contributed by atoms with Crippen LogP contribution in [0, 0.1) is 12.8 Å². The average Bonchev–Trinajstić information content (AvgIpc) is 2.97. The zero-order chi connectivity index (χ0) is 20.8. The van der Waals surface area contributed by atoms with Gasteiger partial charge in [-0.1, -0.05) is 44.2 Å². The first-order valence-corrected chi connectivity index (χ1v) is 9.39. The molecule has 0 aliphatic heterocycles. The maximum atomic E-state index is 12.8. The lowest BCUT2D eigenvalue weighted by Gasteiger charge is -2.21. The Hall–Kier alpha value is -2.89. The zero-order valence-corrected chi connectivity index (χ0v) is 17.1. The lowest BCUT2D eigenvalue weighted by atomic mass is 9.96. The third kappa shape index (κ3) is 5.09. The molecule has 0 aliphatic carbocycles. The van der Waals surface area contributed by atoms with Gasteiger partial charge in [0.15, 0.2) is 5.78 Å². The van der Waals surface area contributed by atoms with E-state index in [2.05, 4.69) is 24.1 Å². The van der Waals surface area contributed by atoms with E-state index in [-0.39, 0.29) is 29.7 Å². The minimum Gasteiger partial charge on any atom is -0.465 e. The lowest BCUT2D eigenvalue weighted by molar-refractivity contribution is -0.121. The van der Waals surface area contributed by atoms with E-state index in [4.69, 9.17) is 4.74 Å². The van der Waals surface area contributed by atoms with Crippen LogP contribution >= 0.6 is 0 Å². The summed E-state index contributed by atoms with van der Waals surface area (Å²) in [5.74, 6) is -0.591. The molecule has 28 heavy (non-hydrogen) atoms. The first kappa shape index (κ1) is 21.4. The molecule has 0 bridgehead atoms. The Kier molecular flexibility index (Phi) is 7.15. The van der Waals surface area contributed by atoms with Crippen LogP contribution in [0.25, 0.3) is 0 Å². The highest BCUT2D eigenvalue weighted by Crippen LogP contribution is 2.23. The van der Waals surface area contributed by atoms with Crippen LogP contribution in [0.2, 0.25) is 0 Å². The highest BCUT2D eigenvalue weighted by molar-refractivity contribution is 6.01. The van der Waals surface area contributed by atoms with Gasteiger partial charge in [-0.25, -0.2) is 4.79 Å². The number of esters is 1. The number of hydrogen-bond acceptors (Lipinski definition) is 4. The fourth-order valence-corrected chi connectivity index (χ4v) is 3.36. The molecule has 0 saturated carbocycles. The van der Waals surface area contributed by atoms with E-state index in [0.29, 0.717) is 22.9 Å². The average molecular weight is 384 g/mol. The van der Waals surface area contributed by atoms with Crippen molar-refractivity contribution in [2.45, 2.75) is 46.6 Å². The Balaban J connectivity index is 2.26. The summed E-state index contributed by atoms with van der Waals surface area (Å²) in [5.41, 5.74) is 2.50. The molecule has 0 aliphatic rings. The number of hydrogen-bond donors (Lipinski definition) is 2. The number of methoxy groups -OCH3 is 1. The van der Waals surface area contributed by atoms with Crippen molar-refractivity contribution in [1.29, 1.82) is 0 Å². The van der Waals surface area contributed by atoms with Crippen LogP contribution in [0.15, 0.2) is 30.3 Å². The Bertz CT molecular complexity index is 853. The Labute approximate surface area is 165 Å². The van der Waals surface area contributed by atoms with Gasteiger partial charge in [0.05, 0.1) is 30.8 Å². The van der Waals surface area contributed by atoms with E-state index in [1.54, 1.807) is 6.92 Å². The molecule has 1 unspecified atom stereocenters. The molecule has 0 radical (unpaired) electrons. The number of benzene rings is 1. The molecule has 6 nitrogen and oxygen atoms in total. The van der Waals surface area contributed by atoms with Crippen molar-refractivity contribution >= 4 is 17.7 Å². The maximum absolute atomic E-state index is 12.8. The molecule has 1 aromatic heterocycles. The van der Waals surface area contributed by atoms with Gasteiger partial charge in [-0.15, -0.1) is 0 Å². The summed E-state index contributed by atoms with van der Waals surface area (Å²) in [4.78, 5) is 39.7.